The van der Waals surface area contributed by atoms with E-state index in [1.807, 2.05) is 16.0 Å². The fourth-order valence-corrected chi connectivity index (χ4v) is 3.65. The van der Waals surface area contributed by atoms with Crippen LogP contribution in [0.25, 0.3) is 0 Å². The molecule has 0 radical (unpaired) electrons. The number of ether oxygens (including phenoxy) is 1. The highest BCUT2D eigenvalue weighted by molar-refractivity contribution is 5.76. The van der Waals surface area contributed by atoms with Gasteiger partial charge in [0.05, 0.1) is 18.7 Å². The molecule has 0 aliphatic carbocycles. The molecule has 1 aromatic rings. The van der Waals surface area contributed by atoms with Crippen molar-refractivity contribution in [3.05, 3.63) is 35.9 Å². The summed E-state index contributed by atoms with van der Waals surface area (Å²) in [6, 6.07) is 10.9. The van der Waals surface area contributed by atoms with Crippen LogP contribution in [0.4, 0.5) is 4.79 Å². The van der Waals surface area contributed by atoms with E-state index in [1.54, 1.807) is 0 Å². The van der Waals surface area contributed by atoms with Gasteiger partial charge in [-0.15, -0.1) is 0 Å². The topological polar surface area (TPSA) is 58.3 Å². The number of nitrogens with two attached hydrogens (primary N) is 1. The maximum atomic E-state index is 11.7. The summed E-state index contributed by atoms with van der Waals surface area (Å²) in [7, 11) is 0. The number of rotatable bonds is 3. The Kier molecular flexibility index (Phi) is 2.20. The third-order valence-corrected chi connectivity index (χ3v) is 4.66. The monoisotopic (exact) mass is 259 g/mol. The van der Waals surface area contributed by atoms with E-state index >= 15 is 0 Å². The van der Waals surface area contributed by atoms with E-state index in [-0.39, 0.29) is 23.8 Å². The van der Waals surface area contributed by atoms with Crippen LogP contribution in [-0.2, 0) is 11.2 Å². The first kappa shape index (κ1) is 11.3. The molecule has 2 unspecified atom stereocenters. The lowest BCUT2D eigenvalue weighted by Crippen LogP contribution is -2.23. The van der Waals surface area contributed by atoms with Gasteiger partial charge in [-0.25, -0.2) is 9.80 Å². The van der Waals surface area contributed by atoms with Crippen molar-refractivity contribution in [2.45, 2.75) is 37.0 Å². The number of hydrazine groups is 1. The molecule has 4 rings (SSSR count). The molecule has 3 fully saturated rings. The summed E-state index contributed by atoms with van der Waals surface area (Å²) in [5.41, 5.74) is 1.11. The minimum atomic E-state index is -0.206. The molecular formula is C14H17N3O2. The summed E-state index contributed by atoms with van der Waals surface area (Å²) in [6.07, 6.45) is 2.69. The second kappa shape index (κ2) is 3.71. The Hall–Kier alpha value is -1.59. The van der Waals surface area contributed by atoms with Crippen molar-refractivity contribution in [2.24, 2.45) is 5.84 Å². The van der Waals surface area contributed by atoms with Gasteiger partial charge >= 0.3 is 6.09 Å². The van der Waals surface area contributed by atoms with Crippen molar-refractivity contribution in [2.75, 3.05) is 6.61 Å². The molecular weight excluding hydrogens is 242 g/mol. The van der Waals surface area contributed by atoms with E-state index in [0.717, 1.165) is 19.3 Å². The van der Waals surface area contributed by atoms with E-state index < -0.39 is 0 Å². The number of hydrogen-bond acceptors (Lipinski definition) is 4. The molecule has 0 aromatic heterocycles. The van der Waals surface area contributed by atoms with Crippen molar-refractivity contribution >= 4 is 6.09 Å². The molecule has 1 amide bonds. The largest absolute Gasteiger partial charge is 0.449 e. The zero-order valence-corrected chi connectivity index (χ0v) is 10.7. The summed E-state index contributed by atoms with van der Waals surface area (Å²) in [5, 5.41) is 1.84. The molecule has 100 valence electrons. The third kappa shape index (κ3) is 1.40. The standard InChI is InChI=1S/C14H17N3O2/c15-17-12(7-6-10-4-2-1-3-5-10)14(17)11-8-9-19-13(18)16(11)14/h1-5,11-12H,6-9,15H2/t11-,12?,14-,16?,17?/m0/s1. The zero-order chi connectivity index (χ0) is 13.0. The van der Waals surface area contributed by atoms with Crippen LogP contribution < -0.4 is 5.84 Å². The predicted molar refractivity (Wildman–Crippen MR) is 68.9 cm³/mol. The van der Waals surface area contributed by atoms with Crippen LogP contribution in [0.5, 0.6) is 0 Å². The first-order valence-electron chi connectivity index (χ1n) is 6.80. The number of carbonyl (C=O) groups is 1. The van der Waals surface area contributed by atoms with E-state index in [9.17, 15) is 4.79 Å². The molecule has 3 aliphatic rings. The van der Waals surface area contributed by atoms with Crippen LogP contribution >= 0.6 is 0 Å². The van der Waals surface area contributed by atoms with Crippen molar-refractivity contribution in [1.29, 1.82) is 0 Å². The highest BCUT2D eigenvalue weighted by Gasteiger charge is 2.85. The van der Waals surface area contributed by atoms with Crippen molar-refractivity contribution in [3.63, 3.8) is 0 Å². The van der Waals surface area contributed by atoms with Gasteiger partial charge in [-0.05, 0) is 18.4 Å². The van der Waals surface area contributed by atoms with Crippen molar-refractivity contribution in [3.8, 4) is 0 Å². The predicted octanol–water partition coefficient (Wildman–Crippen LogP) is 1.10. The lowest BCUT2D eigenvalue weighted by molar-refractivity contribution is 0.107. The first-order valence-corrected chi connectivity index (χ1v) is 6.80. The zero-order valence-electron chi connectivity index (χ0n) is 10.7. The van der Waals surface area contributed by atoms with Crippen molar-refractivity contribution < 1.29 is 9.53 Å². The van der Waals surface area contributed by atoms with Crippen LogP contribution in [0.2, 0.25) is 0 Å². The SMILES string of the molecule is NN1C(CCc2ccccc2)[C@]12[C@@H]1CCOC(=O)N12. The molecule has 1 aromatic carbocycles. The molecule has 0 bridgehead atoms. The Morgan fingerprint density at radius 2 is 2.16 bits per heavy atom. The number of aryl methyl sites for hydroxylation is 1. The lowest BCUT2D eigenvalue weighted by atomic mass is 10.1. The van der Waals surface area contributed by atoms with Gasteiger partial charge in [-0.1, -0.05) is 30.3 Å². The quantitative estimate of drug-likeness (QED) is 0.652. The highest BCUT2D eigenvalue weighted by atomic mass is 16.6. The normalized spacial score (nSPS) is 38.9. The molecule has 1 spiro atoms. The van der Waals surface area contributed by atoms with Crippen molar-refractivity contribution in [1.82, 2.24) is 9.91 Å². The van der Waals surface area contributed by atoms with E-state index in [0.29, 0.717) is 6.61 Å². The molecule has 3 saturated heterocycles. The smallest absolute Gasteiger partial charge is 0.411 e. The molecule has 3 heterocycles. The van der Waals surface area contributed by atoms with E-state index in [4.69, 9.17) is 10.6 Å². The number of benzene rings is 1. The summed E-state index contributed by atoms with van der Waals surface area (Å²) in [5.74, 6) is 6.08. The fourth-order valence-electron chi connectivity index (χ4n) is 3.65. The van der Waals surface area contributed by atoms with Gasteiger partial charge < -0.3 is 4.74 Å². The lowest BCUT2D eigenvalue weighted by Gasteiger charge is -2.09. The Bertz CT molecular complexity index is 521. The third-order valence-electron chi connectivity index (χ3n) is 4.66. The Morgan fingerprint density at radius 3 is 2.89 bits per heavy atom. The number of amides is 1. The van der Waals surface area contributed by atoms with Gasteiger partial charge in [-0.3, -0.25) is 10.7 Å². The van der Waals surface area contributed by atoms with Gasteiger partial charge in [0, 0.05) is 6.42 Å². The second-order valence-corrected chi connectivity index (χ2v) is 5.52. The Labute approximate surface area is 111 Å². The molecule has 5 nitrogen and oxygen atoms in total. The Balaban J connectivity index is 1.43. The minimum absolute atomic E-state index is 0.200. The van der Waals surface area contributed by atoms with Crippen LogP contribution in [0, 0.1) is 0 Å². The van der Waals surface area contributed by atoms with Crippen LogP contribution in [-0.4, -0.2) is 40.4 Å². The summed E-state index contributed by atoms with van der Waals surface area (Å²) in [6.45, 7) is 0.529. The summed E-state index contributed by atoms with van der Waals surface area (Å²) >= 11 is 0. The molecule has 2 N–H and O–H groups in total. The Morgan fingerprint density at radius 1 is 1.37 bits per heavy atom. The second-order valence-electron chi connectivity index (χ2n) is 5.52. The minimum Gasteiger partial charge on any atom is -0.449 e. The van der Waals surface area contributed by atoms with E-state index in [2.05, 4.69) is 24.3 Å². The number of cyclic esters (lactones) is 1. The van der Waals surface area contributed by atoms with Crippen LogP contribution in [0.15, 0.2) is 30.3 Å². The molecule has 3 aliphatic heterocycles. The first-order chi connectivity index (χ1) is 9.26. The number of nitrogens with zero attached hydrogens (tertiary/aromatic N) is 2. The molecule has 0 saturated carbocycles. The summed E-state index contributed by atoms with van der Waals surface area (Å²) in [4.78, 5) is 13.5. The van der Waals surface area contributed by atoms with Gasteiger partial charge in [0.1, 0.15) is 0 Å². The molecule has 4 atom stereocenters. The van der Waals surface area contributed by atoms with Gasteiger partial charge in [-0.2, -0.15) is 0 Å². The van der Waals surface area contributed by atoms with Gasteiger partial charge in [0.15, 0.2) is 5.66 Å². The van der Waals surface area contributed by atoms with Crippen LogP contribution in [0.1, 0.15) is 18.4 Å². The maximum absolute atomic E-state index is 11.7. The molecule has 19 heavy (non-hydrogen) atoms. The number of fused-ring (bicyclic) bond motifs is 3. The van der Waals surface area contributed by atoms with Gasteiger partial charge in [0.2, 0.25) is 0 Å². The molecule has 5 heteroatoms. The van der Waals surface area contributed by atoms with Gasteiger partial charge in [0.25, 0.3) is 0 Å². The van der Waals surface area contributed by atoms with E-state index in [1.165, 1.54) is 5.56 Å². The average Bonchev–Trinajstić information content (AvgIpc) is 3.27. The average molecular weight is 259 g/mol. The highest BCUT2D eigenvalue weighted by Crippen LogP contribution is 2.62. The summed E-state index contributed by atoms with van der Waals surface area (Å²) < 4.78 is 5.07. The maximum Gasteiger partial charge on any atom is 0.411 e. The van der Waals surface area contributed by atoms with Crippen LogP contribution in [0.3, 0.4) is 0 Å². The number of hydrogen-bond donors (Lipinski definition) is 1. The fraction of sp³-hybridized carbons (Fsp3) is 0.500. The number of carbonyl (C=O) groups excluding carboxylic acids is 1.